The highest BCUT2D eigenvalue weighted by molar-refractivity contribution is 5.32. The maximum atomic E-state index is 12.2. The van der Waals surface area contributed by atoms with E-state index < -0.39 is 0 Å². The molecule has 2 aliphatic heterocycles. The third kappa shape index (κ3) is 10.7. The average molecular weight is 559 g/mol. The third-order valence-corrected chi connectivity index (χ3v) is 7.72. The van der Waals surface area contributed by atoms with Crippen LogP contribution in [0.2, 0.25) is 0 Å². The molecule has 2 aliphatic rings. The minimum atomic E-state index is -0.226. The number of ether oxygens (including phenoxy) is 2. The molecule has 2 saturated heterocycles. The summed E-state index contributed by atoms with van der Waals surface area (Å²) in [5.74, 6) is 1.88. The fraction of sp³-hybridized carbons (Fsp3) is 0.647. The van der Waals surface area contributed by atoms with Crippen molar-refractivity contribution in [3.8, 4) is 11.5 Å². The summed E-state index contributed by atoms with van der Waals surface area (Å²) < 4.78 is 36.4. The highest BCUT2D eigenvalue weighted by Gasteiger charge is 2.25. The molecule has 4 nitrogen and oxygen atoms in total. The summed E-state index contributed by atoms with van der Waals surface area (Å²) in [4.78, 5) is 4.57. The Labute approximate surface area is 242 Å². The monoisotopic (exact) mass is 558 g/mol. The van der Waals surface area contributed by atoms with Gasteiger partial charge in [-0.05, 0) is 71.9 Å². The molecule has 2 aromatic rings. The van der Waals surface area contributed by atoms with Crippen LogP contribution in [0, 0.1) is 0 Å². The standard InChI is InChI=1S/2C17H26FNO/c2*1-17(2,3)14-5-7-15(8-6-14)20-16-9-12-19(13-16)11-4-10-18/h2*5-8,16H,4,9-13H2,1-3H3/t2*16-/m10/s1. The molecule has 0 amide bonds. The summed E-state index contributed by atoms with van der Waals surface area (Å²) >= 11 is 0. The first-order valence-electron chi connectivity index (χ1n) is 15.1. The summed E-state index contributed by atoms with van der Waals surface area (Å²) in [6, 6.07) is 16.8. The third-order valence-electron chi connectivity index (χ3n) is 7.72. The molecule has 2 heterocycles. The zero-order valence-corrected chi connectivity index (χ0v) is 25.7. The summed E-state index contributed by atoms with van der Waals surface area (Å²) in [6.45, 7) is 18.4. The van der Waals surface area contributed by atoms with Gasteiger partial charge in [-0.25, -0.2) is 0 Å². The van der Waals surface area contributed by atoms with E-state index in [1.807, 2.05) is 0 Å². The van der Waals surface area contributed by atoms with Crippen LogP contribution in [0.5, 0.6) is 11.5 Å². The minimum Gasteiger partial charge on any atom is -0.489 e. The number of nitrogens with zero attached hydrogens (tertiary/aromatic N) is 2. The van der Waals surface area contributed by atoms with Crippen LogP contribution in [-0.2, 0) is 10.8 Å². The van der Waals surface area contributed by atoms with Crippen molar-refractivity contribution in [2.24, 2.45) is 0 Å². The van der Waals surface area contributed by atoms with Gasteiger partial charge < -0.3 is 9.47 Å². The highest BCUT2D eigenvalue weighted by atomic mass is 19.1. The molecule has 0 saturated carbocycles. The Balaban J connectivity index is 0.000000220. The molecule has 0 unspecified atom stereocenters. The highest BCUT2D eigenvalue weighted by Crippen LogP contribution is 2.27. The molecule has 0 N–H and O–H groups in total. The van der Waals surface area contributed by atoms with Crippen LogP contribution in [0.3, 0.4) is 0 Å². The maximum Gasteiger partial charge on any atom is 0.119 e. The molecule has 0 bridgehead atoms. The molecule has 0 aromatic heterocycles. The predicted octanol–water partition coefficient (Wildman–Crippen LogP) is 7.59. The lowest BCUT2D eigenvalue weighted by Crippen LogP contribution is -2.26. The van der Waals surface area contributed by atoms with Gasteiger partial charge in [-0.3, -0.25) is 18.6 Å². The zero-order valence-electron chi connectivity index (χ0n) is 25.7. The predicted molar refractivity (Wildman–Crippen MR) is 162 cm³/mol. The molecule has 0 aliphatic carbocycles. The second-order valence-electron chi connectivity index (χ2n) is 13.3. The van der Waals surface area contributed by atoms with Crippen LogP contribution < -0.4 is 9.47 Å². The molecule has 2 fully saturated rings. The maximum absolute atomic E-state index is 12.2. The number of rotatable bonds is 10. The van der Waals surface area contributed by atoms with E-state index in [0.717, 1.165) is 63.6 Å². The second kappa shape index (κ2) is 15.2. The molecule has 2 aromatic carbocycles. The van der Waals surface area contributed by atoms with Crippen molar-refractivity contribution < 1.29 is 18.3 Å². The summed E-state index contributed by atoms with van der Waals surface area (Å²) in [7, 11) is 0. The van der Waals surface area contributed by atoms with E-state index in [4.69, 9.17) is 9.47 Å². The van der Waals surface area contributed by atoms with Crippen molar-refractivity contribution >= 4 is 0 Å². The average Bonchev–Trinajstić information content (AvgIpc) is 3.55. The van der Waals surface area contributed by atoms with Crippen molar-refractivity contribution in [1.82, 2.24) is 9.80 Å². The van der Waals surface area contributed by atoms with E-state index in [-0.39, 0.29) is 36.4 Å². The van der Waals surface area contributed by atoms with Gasteiger partial charge in [0.1, 0.15) is 23.7 Å². The SMILES string of the molecule is CC(C)(C)c1ccc(O[C@@H]2CCN(CCCF)C2)cc1.CC(C)(C)c1ccc(O[C@H]2CCN(CCCF)C2)cc1. The van der Waals surface area contributed by atoms with Gasteiger partial charge in [0.15, 0.2) is 0 Å². The molecule has 4 rings (SSSR count). The van der Waals surface area contributed by atoms with E-state index in [1.54, 1.807) is 0 Å². The second-order valence-corrected chi connectivity index (χ2v) is 13.3. The number of alkyl halides is 2. The molecule has 2 atom stereocenters. The minimum absolute atomic E-state index is 0.176. The van der Waals surface area contributed by atoms with Gasteiger partial charge in [0.2, 0.25) is 0 Å². The Kier molecular flexibility index (Phi) is 12.3. The molecule has 0 spiro atoms. The molecular formula is C34H52F2N2O2. The molecular weight excluding hydrogens is 506 g/mol. The van der Waals surface area contributed by atoms with Crippen molar-refractivity contribution in [3.05, 3.63) is 59.7 Å². The summed E-state index contributed by atoms with van der Waals surface area (Å²) in [5, 5.41) is 0. The van der Waals surface area contributed by atoms with Crippen molar-refractivity contribution in [2.75, 3.05) is 52.6 Å². The van der Waals surface area contributed by atoms with Gasteiger partial charge in [0.05, 0.1) is 13.3 Å². The van der Waals surface area contributed by atoms with Gasteiger partial charge in [0, 0.05) is 39.3 Å². The largest absolute Gasteiger partial charge is 0.489 e. The molecule has 0 radical (unpaired) electrons. The quantitative estimate of drug-likeness (QED) is 0.300. The van der Waals surface area contributed by atoms with Crippen LogP contribution in [0.15, 0.2) is 48.5 Å². The van der Waals surface area contributed by atoms with Gasteiger partial charge in [-0.1, -0.05) is 65.8 Å². The van der Waals surface area contributed by atoms with Crippen LogP contribution in [-0.4, -0.2) is 74.6 Å². The van der Waals surface area contributed by atoms with E-state index in [1.165, 1.54) is 11.1 Å². The Bertz CT molecular complexity index is 901. The summed E-state index contributed by atoms with van der Waals surface area (Å²) in [5.41, 5.74) is 2.99. The topological polar surface area (TPSA) is 24.9 Å². The number of halogens is 2. The Morgan fingerprint density at radius 2 is 0.975 bits per heavy atom. The van der Waals surface area contributed by atoms with E-state index in [0.29, 0.717) is 12.8 Å². The number of benzene rings is 2. The smallest absolute Gasteiger partial charge is 0.119 e. The normalized spacial score (nSPS) is 20.3. The lowest BCUT2D eigenvalue weighted by molar-refractivity contribution is 0.198. The first-order chi connectivity index (χ1) is 19.0. The lowest BCUT2D eigenvalue weighted by Gasteiger charge is -2.20. The number of likely N-dealkylation sites (tertiary alicyclic amines) is 2. The first-order valence-corrected chi connectivity index (χ1v) is 15.1. The van der Waals surface area contributed by atoms with E-state index >= 15 is 0 Å². The van der Waals surface area contributed by atoms with Crippen molar-refractivity contribution in [2.45, 2.75) is 90.3 Å². The Morgan fingerprint density at radius 3 is 1.27 bits per heavy atom. The van der Waals surface area contributed by atoms with Gasteiger partial charge in [-0.15, -0.1) is 0 Å². The Morgan fingerprint density at radius 1 is 0.625 bits per heavy atom. The number of hydrogen-bond donors (Lipinski definition) is 0. The fourth-order valence-electron chi connectivity index (χ4n) is 5.21. The zero-order chi connectivity index (χ0) is 29.2. The van der Waals surface area contributed by atoms with Gasteiger partial charge in [-0.2, -0.15) is 0 Å². The van der Waals surface area contributed by atoms with E-state index in [2.05, 4.69) is 99.9 Å². The van der Waals surface area contributed by atoms with Gasteiger partial charge >= 0.3 is 0 Å². The Hall–Kier alpha value is -2.18. The molecule has 40 heavy (non-hydrogen) atoms. The van der Waals surface area contributed by atoms with Crippen LogP contribution in [0.4, 0.5) is 8.78 Å². The van der Waals surface area contributed by atoms with Gasteiger partial charge in [0.25, 0.3) is 0 Å². The molecule has 224 valence electrons. The molecule has 6 heteroatoms. The van der Waals surface area contributed by atoms with Crippen LogP contribution in [0.25, 0.3) is 0 Å². The van der Waals surface area contributed by atoms with Crippen molar-refractivity contribution in [1.29, 1.82) is 0 Å². The first kappa shape index (κ1) is 32.3. The fourth-order valence-corrected chi connectivity index (χ4v) is 5.21. The lowest BCUT2D eigenvalue weighted by atomic mass is 9.87. The number of hydrogen-bond acceptors (Lipinski definition) is 4. The van der Waals surface area contributed by atoms with Crippen LogP contribution in [0.1, 0.15) is 78.4 Å². The summed E-state index contributed by atoms with van der Waals surface area (Å²) in [6.07, 6.45) is 3.82. The van der Waals surface area contributed by atoms with E-state index in [9.17, 15) is 8.78 Å². The van der Waals surface area contributed by atoms with Crippen LogP contribution >= 0.6 is 0 Å². The van der Waals surface area contributed by atoms with Crippen molar-refractivity contribution in [3.63, 3.8) is 0 Å².